The van der Waals surface area contributed by atoms with E-state index in [1.807, 2.05) is 31.2 Å². The fourth-order valence-electron chi connectivity index (χ4n) is 1.65. The zero-order valence-corrected chi connectivity index (χ0v) is 12.5. The van der Waals surface area contributed by atoms with Gasteiger partial charge in [0.1, 0.15) is 0 Å². The highest BCUT2D eigenvalue weighted by atomic mass is 79.9. The SMILES string of the molecule is C/C(=N\NC(=O)c1ccc(N)cc1)c1ccccc1Br. The molecule has 102 valence electrons. The van der Waals surface area contributed by atoms with Crippen LogP contribution in [0.3, 0.4) is 0 Å². The van der Waals surface area contributed by atoms with Gasteiger partial charge in [-0.05, 0) is 37.3 Å². The highest BCUT2D eigenvalue weighted by molar-refractivity contribution is 9.10. The summed E-state index contributed by atoms with van der Waals surface area (Å²) in [6, 6.07) is 14.4. The van der Waals surface area contributed by atoms with E-state index in [0.717, 1.165) is 15.7 Å². The van der Waals surface area contributed by atoms with Gasteiger partial charge >= 0.3 is 0 Å². The number of nitrogen functional groups attached to an aromatic ring is 1. The number of nitrogens with one attached hydrogen (secondary N) is 1. The van der Waals surface area contributed by atoms with Crippen LogP contribution >= 0.6 is 15.9 Å². The Morgan fingerprint density at radius 1 is 1.15 bits per heavy atom. The van der Waals surface area contributed by atoms with Crippen LogP contribution in [0, 0.1) is 0 Å². The molecular formula is C15H14BrN3O. The van der Waals surface area contributed by atoms with Gasteiger partial charge in [-0.3, -0.25) is 4.79 Å². The van der Waals surface area contributed by atoms with Crippen molar-refractivity contribution >= 4 is 33.2 Å². The average Bonchev–Trinajstić information content (AvgIpc) is 2.45. The molecule has 0 saturated carbocycles. The summed E-state index contributed by atoms with van der Waals surface area (Å²) in [5.74, 6) is -0.267. The smallest absolute Gasteiger partial charge is 0.271 e. The predicted molar refractivity (Wildman–Crippen MR) is 84.7 cm³/mol. The number of rotatable bonds is 3. The molecule has 5 heteroatoms. The van der Waals surface area contributed by atoms with Crippen LogP contribution in [0.2, 0.25) is 0 Å². The molecule has 0 atom stereocenters. The summed E-state index contributed by atoms with van der Waals surface area (Å²) in [4.78, 5) is 11.9. The summed E-state index contributed by atoms with van der Waals surface area (Å²) >= 11 is 3.45. The Kier molecular flexibility index (Phi) is 4.53. The van der Waals surface area contributed by atoms with Crippen LogP contribution in [0.4, 0.5) is 5.69 Å². The molecule has 4 nitrogen and oxygen atoms in total. The van der Waals surface area contributed by atoms with Gasteiger partial charge in [-0.1, -0.05) is 34.1 Å². The maximum absolute atomic E-state index is 11.9. The van der Waals surface area contributed by atoms with Gasteiger partial charge in [-0.15, -0.1) is 0 Å². The van der Waals surface area contributed by atoms with Crippen molar-refractivity contribution in [1.29, 1.82) is 0 Å². The van der Waals surface area contributed by atoms with Crippen molar-refractivity contribution in [1.82, 2.24) is 5.43 Å². The van der Waals surface area contributed by atoms with Crippen LogP contribution in [-0.4, -0.2) is 11.6 Å². The maximum atomic E-state index is 11.9. The molecule has 20 heavy (non-hydrogen) atoms. The highest BCUT2D eigenvalue weighted by Crippen LogP contribution is 2.16. The molecule has 0 heterocycles. The first-order valence-electron chi connectivity index (χ1n) is 6.03. The summed E-state index contributed by atoms with van der Waals surface area (Å²) in [5.41, 5.74) is 10.9. The molecule has 0 bridgehead atoms. The zero-order chi connectivity index (χ0) is 14.5. The molecule has 0 radical (unpaired) electrons. The van der Waals surface area contributed by atoms with E-state index in [0.29, 0.717) is 11.3 Å². The number of carbonyl (C=O) groups excluding carboxylic acids is 1. The first-order chi connectivity index (χ1) is 9.58. The molecule has 0 fully saturated rings. The van der Waals surface area contributed by atoms with Crippen LogP contribution < -0.4 is 11.2 Å². The van der Waals surface area contributed by atoms with Crippen LogP contribution in [-0.2, 0) is 0 Å². The number of hydrogen-bond acceptors (Lipinski definition) is 3. The Bertz CT molecular complexity index is 650. The number of hydrogen-bond donors (Lipinski definition) is 2. The molecule has 2 rings (SSSR count). The number of anilines is 1. The zero-order valence-electron chi connectivity index (χ0n) is 10.9. The lowest BCUT2D eigenvalue weighted by molar-refractivity contribution is 0.0955. The Morgan fingerprint density at radius 3 is 2.45 bits per heavy atom. The molecule has 2 aromatic rings. The largest absolute Gasteiger partial charge is 0.399 e. The maximum Gasteiger partial charge on any atom is 0.271 e. The quantitative estimate of drug-likeness (QED) is 0.515. The van der Waals surface area contributed by atoms with Crippen LogP contribution in [0.15, 0.2) is 58.1 Å². The third-order valence-corrected chi connectivity index (χ3v) is 3.45. The molecular weight excluding hydrogens is 318 g/mol. The predicted octanol–water partition coefficient (Wildman–Crippen LogP) is 3.19. The lowest BCUT2D eigenvalue weighted by Gasteiger charge is -2.05. The summed E-state index contributed by atoms with van der Waals surface area (Å²) in [7, 11) is 0. The monoisotopic (exact) mass is 331 g/mol. The molecule has 2 aromatic carbocycles. The van der Waals surface area contributed by atoms with E-state index in [2.05, 4.69) is 26.5 Å². The summed E-state index contributed by atoms with van der Waals surface area (Å²) in [5, 5.41) is 4.11. The van der Waals surface area contributed by atoms with E-state index in [1.165, 1.54) is 0 Å². The topological polar surface area (TPSA) is 67.5 Å². The van der Waals surface area contributed by atoms with Crippen LogP contribution in [0.1, 0.15) is 22.8 Å². The number of hydrazone groups is 1. The number of nitrogens with two attached hydrogens (primary N) is 1. The lowest BCUT2D eigenvalue weighted by atomic mass is 10.1. The number of carbonyl (C=O) groups is 1. The van der Waals surface area contributed by atoms with E-state index < -0.39 is 0 Å². The fourth-order valence-corrected chi connectivity index (χ4v) is 2.22. The van der Waals surface area contributed by atoms with Gasteiger partial charge in [-0.2, -0.15) is 5.10 Å². The molecule has 0 spiro atoms. The molecule has 0 aromatic heterocycles. The second kappa shape index (κ2) is 6.34. The molecule has 0 aliphatic heterocycles. The van der Waals surface area contributed by atoms with Crippen molar-refractivity contribution in [2.45, 2.75) is 6.92 Å². The standard InChI is InChI=1S/C15H14BrN3O/c1-10(13-4-2-3-5-14(13)16)18-19-15(20)11-6-8-12(17)9-7-11/h2-9H,17H2,1H3,(H,19,20)/b18-10+. The van der Waals surface area contributed by atoms with Gasteiger partial charge < -0.3 is 5.73 Å². The molecule has 0 aliphatic rings. The fraction of sp³-hybridized carbons (Fsp3) is 0.0667. The van der Waals surface area contributed by atoms with Crippen molar-refractivity contribution in [3.8, 4) is 0 Å². The molecule has 3 N–H and O–H groups in total. The second-order valence-corrected chi connectivity index (χ2v) is 5.09. The number of benzene rings is 2. The van der Waals surface area contributed by atoms with Crippen LogP contribution in [0.5, 0.6) is 0 Å². The Morgan fingerprint density at radius 2 is 1.80 bits per heavy atom. The molecule has 0 unspecified atom stereocenters. The Balaban J connectivity index is 2.11. The van der Waals surface area contributed by atoms with Crippen molar-refractivity contribution < 1.29 is 4.79 Å². The summed E-state index contributed by atoms with van der Waals surface area (Å²) in [6.45, 7) is 1.84. The summed E-state index contributed by atoms with van der Waals surface area (Å²) < 4.78 is 0.933. The first kappa shape index (κ1) is 14.3. The van der Waals surface area contributed by atoms with Gasteiger partial charge in [0.15, 0.2) is 0 Å². The van der Waals surface area contributed by atoms with E-state index in [4.69, 9.17) is 5.73 Å². The van der Waals surface area contributed by atoms with Crippen molar-refractivity contribution in [3.05, 3.63) is 64.1 Å². The van der Waals surface area contributed by atoms with Crippen molar-refractivity contribution in [2.24, 2.45) is 5.10 Å². The van der Waals surface area contributed by atoms with E-state index in [-0.39, 0.29) is 5.91 Å². The van der Waals surface area contributed by atoms with E-state index in [1.54, 1.807) is 24.3 Å². The van der Waals surface area contributed by atoms with Gasteiger partial charge in [0.2, 0.25) is 0 Å². The van der Waals surface area contributed by atoms with E-state index >= 15 is 0 Å². The molecule has 0 aliphatic carbocycles. The van der Waals surface area contributed by atoms with Crippen molar-refractivity contribution in [3.63, 3.8) is 0 Å². The molecule has 0 saturated heterocycles. The van der Waals surface area contributed by atoms with E-state index in [9.17, 15) is 4.79 Å². The van der Waals surface area contributed by atoms with Crippen molar-refractivity contribution in [2.75, 3.05) is 5.73 Å². The van der Waals surface area contributed by atoms with Gasteiger partial charge in [0, 0.05) is 21.3 Å². The third-order valence-electron chi connectivity index (χ3n) is 2.76. The van der Waals surface area contributed by atoms with Crippen LogP contribution in [0.25, 0.3) is 0 Å². The highest BCUT2D eigenvalue weighted by Gasteiger charge is 2.06. The minimum atomic E-state index is -0.267. The second-order valence-electron chi connectivity index (χ2n) is 4.24. The third kappa shape index (κ3) is 3.45. The Hall–Kier alpha value is -2.14. The normalized spacial score (nSPS) is 11.2. The number of amides is 1. The number of halogens is 1. The first-order valence-corrected chi connectivity index (χ1v) is 6.82. The minimum absolute atomic E-state index is 0.267. The van der Waals surface area contributed by atoms with Gasteiger partial charge in [0.05, 0.1) is 5.71 Å². The average molecular weight is 332 g/mol. The summed E-state index contributed by atoms with van der Waals surface area (Å²) in [6.07, 6.45) is 0. The molecule has 1 amide bonds. The Labute approximate surface area is 125 Å². The van der Waals surface area contributed by atoms with Gasteiger partial charge in [-0.25, -0.2) is 5.43 Å². The minimum Gasteiger partial charge on any atom is -0.399 e. The number of nitrogens with zero attached hydrogens (tertiary/aromatic N) is 1. The lowest BCUT2D eigenvalue weighted by Crippen LogP contribution is -2.19. The van der Waals surface area contributed by atoms with Gasteiger partial charge in [0.25, 0.3) is 5.91 Å².